The van der Waals surface area contributed by atoms with Gasteiger partial charge in [0.2, 0.25) is 0 Å². The van der Waals surface area contributed by atoms with E-state index in [1.165, 1.54) is 12.3 Å². The highest BCUT2D eigenvalue weighted by Gasteiger charge is 2.13. The molecule has 28 heavy (non-hydrogen) atoms. The zero-order valence-corrected chi connectivity index (χ0v) is 16.5. The van der Waals surface area contributed by atoms with Crippen molar-refractivity contribution in [2.75, 3.05) is 18.5 Å². The molecule has 148 valence electrons. The molecule has 2 amide bonds. The molecule has 0 spiro atoms. The third-order valence-electron chi connectivity index (χ3n) is 3.40. The number of rotatable bonds is 8. The average Bonchev–Trinajstić information content (AvgIpc) is 2.67. The second-order valence-electron chi connectivity index (χ2n) is 5.65. The van der Waals surface area contributed by atoms with Crippen molar-refractivity contribution in [2.45, 2.75) is 20.3 Å². The Morgan fingerprint density at radius 2 is 1.89 bits per heavy atom. The molecule has 8 heteroatoms. The summed E-state index contributed by atoms with van der Waals surface area (Å²) in [5, 5.41) is 6.70. The van der Waals surface area contributed by atoms with Gasteiger partial charge in [0.05, 0.1) is 19.4 Å². The zero-order chi connectivity index (χ0) is 20.4. The molecule has 0 aliphatic rings. The average molecular weight is 404 g/mol. The van der Waals surface area contributed by atoms with Gasteiger partial charge in [0.25, 0.3) is 0 Å². The van der Waals surface area contributed by atoms with Gasteiger partial charge < -0.3 is 14.8 Å². The summed E-state index contributed by atoms with van der Waals surface area (Å²) < 4.78 is 11.2. The number of hydrazone groups is 1. The van der Waals surface area contributed by atoms with Gasteiger partial charge in [0.15, 0.2) is 11.5 Å². The number of hydrogen-bond acceptors (Lipinski definition) is 5. The predicted octanol–water partition coefficient (Wildman–Crippen LogP) is 3.62. The summed E-state index contributed by atoms with van der Waals surface area (Å²) in [6.45, 7) is 4.98. The molecule has 0 atom stereocenters. The molecule has 2 aromatic carbocycles. The van der Waals surface area contributed by atoms with Gasteiger partial charge in [-0.05, 0) is 55.3 Å². The van der Waals surface area contributed by atoms with Crippen LogP contribution in [-0.2, 0) is 9.59 Å². The lowest BCUT2D eigenvalue weighted by Crippen LogP contribution is -2.32. The Balaban J connectivity index is 1.96. The Morgan fingerprint density at radius 3 is 2.61 bits per heavy atom. The summed E-state index contributed by atoms with van der Waals surface area (Å²) in [7, 11) is 0. The molecule has 2 rings (SSSR count). The van der Waals surface area contributed by atoms with E-state index in [9.17, 15) is 9.59 Å². The Labute approximate surface area is 168 Å². The summed E-state index contributed by atoms with van der Waals surface area (Å²) in [6.07, 6.45) is 2.30. The third-order valence-corrected chi connectivity index (χ3v) is 3.63. The number of halogens is 1. The summed E-state index contributed by atoms with van der Waals surface area (Å²) >= 11 is 5.84. The van der Waals surface area contributed by atoms with E-state index in [0.29, 0.717) is 41.0 Å². The van der Waals surface area contributed by atoms with Crippen LogP contribution in [0.3, 0.4) is 0 Å². The van der Waals surface area contributed by atoms with Gasteiger partial charge in [-0.1, -0.05) is 24.6 Å². The molecule has 7 nitrogen and oxygen atoms in total. The van der Waals surface area contributed by atoms with Gasteiger partial charge in [-0.25, -0.2) is 5.43 Å². The van der Waals surface area contributed by atoms with Crippen LogP contribution < -0.4 is 20.2 Å². The minimum absolute atomic E-state index is 0.417. The van der Waals surface area contributed by atoms with Crippen molar-refractivity contribution < 1.29 is 19.1 Å². The molecule has 0 aliphatic carbocycles. The summed E-state index contributed by atoms with van der Waals surface area (Å²) in [6, 6.07) is 11.8. The normalized spacial score (nSPS) is 10.5. The second-order valence-corrected chi connectivity index (χ2v) is 6.09. The van der Waals surface area contributed by atoms with Crippen LogP contribution in [0.1, 0.15) is 25.8 Å². The number of benzene rings is 2. The number of nitrogens with one attached hydrogen (secondary N) is 2. The first-order valence-corrected chi connectivity index (χ1v) is 9.20. The van der Waals surface area contributed by atoms with E-state index in [1.54, 1.807) is 36.4 Å². The van der Waals surface area contributed by atoms with Crippen molar-refractivity contribution in [3.8, 4) is 11.5 Å². The molecular formula is C20H22ClN3O4. The van der Waals surface area contributed by atoms with Crippen molar-refractivity contribution >= 4 is 35.3 Å². The number of nitrogens with zero attached hydrogens (tertiary/aromatic N) is 1. The molecule has 0 radical (unpaired) electrons. The van der Waals surface area contributed by atoms with Crippen molar-refractivity contribution in [1.29, 1.82) is 0 Å². The maximum atomic E-state index is 11.9. The Morgan fingerprint density at radius 1 is 1.07 bits per heavy atom. The molecule has 0 saturated heterocycles. The highest BCUT2D eigenvalue weighted by molar-refractivity contribution is 6.39. The largest absolute Gasteiger partial charge is 0.490 e. The molecule has 0 aromatic heterocycles. The number of amides is 2. The van der Waals surface area contributed by atoms with Crippen LogP contribution in [-0.4, -0.2) is 31.2 Å². The van der Waals surface area contributed by atoms with Gasteiger partial charge >= 0.3 is 11.8 Å². The fourth-order valence-corrected chi connectivity index (χ4v) is 2.37. The fourth-order valence-electron chi connectivity index (χ4n) is 2.17. The number of carbonyl (C=O) groups excluding carboxylic acids is 2. The summed E-state index contributed by atoms with van der Waals surface area (Å²) in [5.74, 6) is -0.516. The first kappa shape index (κ1) is 21.2. The first-order chi connectivity index (χ1) is 13.5. The fraction of sp³-hybridized carbons (Fsp3) is 0.250. The van der Waals surface area contributed by atoms with E-state index in [0.717, 1.165) is 6.42 Å². The van der Waals surface area contributed by atoms with Crippen molar-refractivity contribution in [2.24, 2.45) is 5.10 Å². The lowest BCUT2D eigenvalue weighted by atomic mass is 10.2. The zero-order valence-electron chi connectivity index (χ0n) is 15.7. The molecule has 0 saturated carbocycles. The van der Waals surface area contributed by atoms with Crippen molar-refractivity contribution in [1.82, 2.24) is 5.43 Å². The lowest BCUT2D eigenvalue weighted by molar-refractivity contribution is -0.136. The Hall–Kier alpha value is -3.06. The van der Waals surface area contributed by atoms with Gasteiger partial charge in [-0.15, -0.1) is 0 Å². The van der Waals surface area contributed by atoms with E-state index in [4.69, 9.17) is 21.1 Å². The predicted molar refractivity (Wildman–Crippen MR) is 109 cm³/mol. The van der Waals surface area contributed by atoms with Crippen LogP contribution in [0.4, 0.5) is 5.69 Å². The van der Waals surface area contributed by atoms with E-state index >= 15 is 0 Å². The van der Waals surface area contributed by atoms with Gasteiger partial charge in [-0.3, -0.25) is 9.59 Å². The maximum absolute atomic E-state index is 11.9. The number of ether oxygens (including phenoxy) is 2. The maximum Gasteiger partial charge on any atom is 0.329 e. The molecule has 0 fully saturated rings. The van der Waals surface area contributed by atoms with Crippen LogP contribution in [0.15, 0.2) is 47.6 Å². The standard InChI is InChI=1S/C20H22ClN3O4/c1-3-10-28-17-9-8-14(11-18(17)27-4-2)13-22-24-20(26)19(25)23-16-7-5-6-15(21)12-16/h5-9,11-13H,3-4,10H2,1-2H3,(H,23,25)(H,24,26). The van der Waals surface area contributed by atoms with Crippen LogP contribution in [0, 0.1) is 0 Å². The number of hydrogen-bond donors (Lipinski definition) is 2. The quantitative estimate of drug-likeness (QED) is 0.400. The molecule has 0 unspecified atom stereocenters. The van der Waals surface area contributed by atoms with Crippen LogP contribution in [0.5, 0.6) is 11.5 Å². The van der Waals surface area contributed by atoms with E-state index in [2.05, 4.69) is 15.8 Å². The Kier molecular flexibility index (Phi) is 8.30. The lowest BCUT2D eigenvalue weighted by Gasteiger charge is -2.11. The van der Waals surface area contributed by atoms with Crippen LogP contribution in [0.25, 0.3) is 0 Å². The topological polar surface area (TPSA) is 89.0 Å². The molecular weight excluding hydrogens is 382 g/mol. The Bertz CT molecular complexity index is 855. The summed E-state index contributed by atoms with van der Waals surface area (Å²) in [4.78, 5) is 23.7. The van der Waals surface area contributed by atoms with E-state index < -0.39 is 11.8 Å². The number of anilines is 1. The third kappa shape index (κ3) is 6.59. The van der Waals surface area contributed by atoms with Gasteiger partial charge in [0, 0.05) is 10.7 Å². The van der Waals surface area contributed by atoms with Gasteiger partial charge in [0.1, 0.15) is 0 Å². The van der Waals surface area contributed by atoms with Crippen LogP contribution >= 0.6 is 11.6 Å². The van der Waals surface area contributed by atoms with Crippen molar-refractivity contribution in [3.05, 3.63) is 53.1 Å². The molecule has 0 heterocycles. The van der Waals surface area contributed by atoms with E-state index in [1.807, 2.05) is 13.8 Å². The highest BCUT2D eigenvalue weighted by Crippen LogP contribution is 2.28. The SMILES string of the molecule is CCCOc1ccc(C=NNC(=O)C(=O)Nc2cccc(Cl)c2)cc1OCC. The van der Waals surface area contributed by atoms with Crippen molar-refractivity contribution in [3.63, 3.8) is 0 Å². The monoisotopic (exact) mass is 403 g/mol. The van der Waals surface area contributed by atoms with Crippen LogP contribution in [0.2, 0.25) is 5.02 Å². The summed E-state index contributed by atoms with van der Waals surface area (Å²) in [5.41, 5.74) is 3.28. The molecule has 2 aromatic rings. The molecule has 0 aliphatic heterocycles. The van der Waals surface area contributed by atoms with Gasteiger partial charge in [-0.2, -0.15) is 5.10 Å². The number of carbonyl (C=O) groups is 2. The minimum Gasteiger partial charge on any atom is -0.490 e. The van der Waals surface area contributed by atoms with E-state index in [-0.39, 0.29) is 0 Å². The first-order valence-electron chi connectivity index (χ1n) is 8.83. The highest BCUT2D eigenvalue weighted by atomic mass is 35.5. The molecule has 2 N–H and O–H groups in total. The second kappa shape index (κ2) is 10.9. The minimum atomic E-state index is -0.899. The molecule has 0 bridgehead atoms. The smallest absolute Gasteiger partial charge is 0.329 e.